The highest BCUT2D eigenvalue weighted by atomic mass is 16.5. The minimum atomic E-state index is -0.0618. The second-order valence-corrected chi connectivity index (χ2v) is 4.41. The fourth-order valence-corrected chi connectivity index (χ4v) is 1.74. The molecule has 1 aromatic carbocycles. The Balaban J connectivity index is 2.03. The number of nitrogens with zero attached hydrogens (tertiary/aromatic N) is 1. The Bertz CT molecular complexity index is 536. The van der Waals surface area contributed by atoms with Crippen molar-refractivity contribution in [2.24, 2.45) is 0 Å². The summed E-state index contributed by atoms with van der Waals surface area (Å²) in [6, 6.07) is 7.92. The number of aryl methyl sites for hydroxylation is 3. The van der Waals surface area contributed by atoms with Gasteiger partial charge in [-0.3, -0.25) is 4.79 Å². The maximum Gasteiger partial charge on any atom is 0.228 e. The Kier molecular flexibility index (Phi) is 3.46. The van der Waals surface area contributed by atoms with Gasteiger partial charge < -0.3 is 9.84 Å². The maximum absolute atomic E-state index is 11.9. The molecule has 0 radical (unpaired) electrons. The smallest absolute Gasteiger partial charge is 0.228 e. The molecule has 0 spiro atoms. The van der Waals surface area contributed by atoms with Crippen LogP contribution in [0.3, 0.4) is 0 Å². The molecule has 0 fully saturated rings. The first-order valence-electron chi connectivity index (χ1n) is 5.84. The van der Waals surface area contributed by atoms with Gasteiger partial charge in [-0.15, -0.1) is 0 Å². The lowest BCUT2D eigenvalue weighted by Crippen LogP contribution is -2.15. The van der Waals surface area contributed by atoms with E-state index in [-0.39, 0.29) is 5.91 Å². The summed E-state index contributed by atoms with van der Waals surface area (Å²) in [4.78, 5) is 11.9. The van der Waals surface area contributed by atoms with E-state index in [1.807, 2.05) is 31.2 Å². The molecule has 2 aromatic rings. The quantitative estimate of drug-likeness (QED) is 0.903. The fourth-order valence-electron chi connectivity index (χ4n) is 1.74. The van der Waals surface area contributed by atoms with Gasteiger partial charge in [0.1, 0.15) is 11.4 Å². The molecule has 0 unspecified atom stereocenters. The molecule has 1 N–H and O–H groups in total. The third-order valence-corrected chi connectivity index (χ3v) is 2.78. The zero-order valence-corrected chi connectivity index (χ0v) is 10.8. The number of rotatable bonds is 3. The summed E-state index contributed by atoms with van der Waals surface area (Å²) in [5, 5.41) is 6.62. The second-order valence-electron chi connectivity index (χ2n) is 4.41. The number of amides is 1. The summed E-state index contributed by atoms with van der Waals surface area (Å²) in [5.74, 6) is 0.568. The van der Waals surface area contributed by atoms with E-state index in [4.69, 9.17) is 4.52 Å². The van der Waals surface area contributed by atoms with E-state index in [1.165, 1.54) is 5.56 Å². The number of aromatic nitrogens is 1. The predicted octanol–water partition coefficient (Wildman–Crippen LogP) is 2.78. The van der Waals surface area contributed by atoms with Crippen LogP contribution < -0.4 is 5.32 Å². The van der Waals surface area contributed by atoms with Crippen LogP contribution in [0.5, 0.6) is 0 Å². The van der Waals surface area contributed by atoms with Crippen LogP contribution in [-0.2, 0) is 11.2 Å². The molecule has 4 heteroatoms. The molecule has 1 heterocycles. The number of benzene rings is 1. The highest BCUT2D eigenvalue weighted by molar-refractivity contribution is 5.93. The summed E-state index contributed by atoms with van der Waals surface area (Å²) in [6.07, 6.45) is 0.352. The van der Waals surface area contributed by atoms with Gasteiger partial charge in [-0.1, -0.05) is 35.0 Å². The number of carbonyl (C=O) groups excluding carboxylic acids is 1. The lowest BCUT2D eigenvalue weighted by Gasteiger charge is -2.04. The first-order chi connectivity index (χ1) is 8.56. The summed E-state index contributed by atoms with van der Waals surface area (Å²) >= 11 is 0. The Morgan fingerprint density at radius 1 is 1.22 bits per heavy atom. The van der Waals surface area contributed by atoms with Crippen molar-refractivity contribution in [2.45, 2.75) is 27.2 Å². The van der Waals surface area contributed by atoms with Crippen molar-refractivity contribution < 1.29 is 9.32 Å². The molecule has 94 valence electrons. The Labute approximate surface area is 106 Å². The SMILES string of the molecule is Cc1ccc(CC(=O)Nc2c(C)noc2C)cc1. The number of nitrogens with one attached hydrogen (secondary N) is 1. The maximum atomic E-state index is 11.9. The van der Waals surface area contributed by atoms with Gasteiger partial charge in [-0.2, -0.15) is 0 Å². The zero-order chi connectivity index (χ0) is 13.1. The topological polar surface area (TPSA) is 55.1 Å². The Morgan fingerprint density at radius 3 is 2.44 bits per heavy atom. The van der Waals surface area contributed by atoms with Gasteiger partial charge in [0.15, 0.2) is 5.76 Å². The van der Waals surface area contributed by atoms with E-state index in [1.54, 1.807) is 13.8 Å². The lowest BCUT2D eigenvalue weighted by molar-refractivity contribution is -0.115. The van der Waals surface area contributed by atoms with Crippen molar-refractivity contribution in [1.82, 2.24) is 5.16 Å². The molecule has 4 nitrogen and oxygen atoms in total. The van der Waals surface area contributed by atoms with Crippen molar-refractivity contribution in [1.29, 1.82) is 0 Å². The van der Waals surface area contributed by atoms with Gasteiger partial charge >= 0.3 is 0 Å². The van der Waals surface area contributed by atoms with E-state index in [2.05, 4.69) is 10.5 Å². The molecular formula is C14H16N2O2. The van der Waals surface area contributed by atoms with Gasteiger partial charge in [-0.05, 0) is 26.3 Å². The minimum Gasteiger partial charge on any atom is -0.359 e. The highest BCUT2D eigenvalue weighted by Gasteiger charge is 2.12. The lowest BCUT2D eigenvalue weighted by atomic mass is 10.1. The van der Waals surface area contributed by atoms with Crippen molar-refractivity contribution in [3.05, 3.63) is 46.8 Å². The van der Waals surface area contributed by atoms with Crippen LogP contribution in [0.1, 0.15) is 22.6 Å². The van der Waals surface area contributed by atoms with Crippen LogP contribution in [0.2, 0.25) is 0 Å². The summed E-state index contributed by atoms with van der Waals surface area (Å²) in [6.45, 7) is 5.60. The Morgan fingerprint density at radius 2 is 1.89 bits per heavy atom. The van der Waals surface area contributed by atoms with Crippen LogP contribution in [-0.4, -0.2) is 11.1 Å². The molecule has 1 aromatic heterocycles. The molecular weight excluding hydrogens is 228 g/mol. The zero-order valence-electron chi connectivity index (χ0n) is 10.8. The standard InChI is InChI=1S/C14H16N2O2/c1-9-4-6-12(7-5-9)8-13(17)15-14-10(2)16-18-11(14)3/h4-7H,8H2,1-3H3,(H,15,17). The van der Waals surface area contributed by atoms with Gasteiger partial charge in [0.25, 0.3) is 0 Å². The molecule has 0 saturated heterocycles. The van der Waals surface area contributed by atoms with E-state index in [0.717, 1.165) is 5.56 Å². The van der Waals surface area contributed by atoms with E-state index in [0.29, 0.717) is 23.6 Å². The number of anilines is 1. The third-order valence-electron chi connectivity index (χ3n) is 2.78. The average molecular weight is 244 g/mol. The molecule has 18 heavy (non-hydrogen) atoms. The van der Waals surface area contributed by atoms with Crippen LogP contribution in [0.4, 0.5) is 5.69 Å². The van der Waals surface area contributed by atoms with Gasteiger partial charge in [0.2, 0.25) is 5.91 Å². The summed E-state index contributed by atoms with van der Waals surface area (Å²) < 4.78 is 5.00. The van der Waals surface area contributed by atoms with Crippen LogP contribution in [0.15, 0.2) is 28.8 Å². The first-order valence-corrected chi connectivity index (χ1v) is 5.84. The van der Waals surface area contributed by atoms with Crippen molar-refractivity contribution >= 4 is 11.6 Å². The number of hydrogen-bond acceptors (Lipinski definition) is 3. The van der Waals surface area contributed by atoms with E-state index >= 15 is 0 Å². The third kappa shape index (κ3) is 2.77. The van der Waals surface area contributed by atoms with Gasteiger partial charge in [0, 0.05) is 0 Å². The highest BCUT2D eigenvalue weighted by Crippen LogP contribution is 2.18. The summed E-state index contributed by atoms with van der Waals surface area (Å²) in [5.41, 5.74) is 3.55. The van der Waals surface area contributed by atoms with E-state index in [9.17, 15) is 4.79 Å². The van der Waals surface area contributed by atoms with Gasteiger partial charge in [-0.25, -0.2) is 0 Å². The monoisotopic (exact) mass is 244 g/mol. The molecule has 2 rings (SSSR count). The van der Waals surface area contributed by atoms with E-state index < -0.39 is 0 Å². The minimum absolute atomic E-state index is 0.0618. The van der Waals surface area contributed by atoms with Crippen LogP contribution in [0.25, 0.3) is 0 Å². The molecule has 0 aliphatic heterocycles. The fraction of sp³-hybridized carbons (Fsp3) is 0.286. The normalized spacial score (nSPS) is 10.4. The molecule has 0 bridgehead atoms. The second kappa shape index (κ2) is 5.04. The molecule has 1 amide bonds. The van der Waals surface area contributed by atoms with Crippen LogP contribution in [0, 0.1) is 20.8 Å². The number of carbonyl (C=O) groups is 1. The van der Waals surface area contributed by atoms with Gasteiger partial charge in [0.05, 0.1) is 6.42 Å². The van der Waals surface area contributed by atoms with Crippen molar-refractivity contribution in [3.8, 4) is 0 Å². The summed E-state index contributed by atoms with van der Waals surface area (Å²) in [7, 11) is 0. The Hall–Kier alpha value is -2.10. The largest absolute Gasteiger partial charge is 0.359 e. The first kappa shape index (κ1) is 12.4. The predicted molar refractivity (Wildman–Crippen MR) is 69.5 cm³/mol. The molecule has 0 atom stereocenters. The number of hydrogen-bond donors (Lipinski definition) is 1. The van der Waals surface area contributed by atoms with Crippen molar-refractivity contribution in [2.75, 3.05) is 5.32 Å². The average Bonchev–Trinajstić information content (AvgIpc) is 2.64. The molecule has 0 aliphatic carbocycles. The van der Waals surface area contributed by atoms with Crippen LogP contribution >= 0.6 is 0 Å². The van der Waals surface area contributed by atoms with Crippen molar-refractivity contribution in [3.63, 3.8) is 0 Å². The molecule has 0 aliphatic rings. The molecule has 0 saturated carbocycles.